The molecule has 16 heteroatoms. The van der Waals surface area contributed by atoms with Crippen molar-refractivity contribution in [3.63, 3.8) is 0 Å². The molecule has 1 rings (SSSR count). The fourth-order valence-electron chi connectivity index (χ4n) is 4.27. The number of amides is 1. The van der Waals surface area contributed by atoms with Crippen molar-refractivity contribution in [3.8, 4) is 0 Å². The van der Waals surface area contributed by atoms with Gasteiger partial charge in [-0.1, -0.05) is 0 Å². The fourth-order valence-corrected chi connectivity index (χ4v) is 4.27. The van der Waals surface area contributed by atoms with Gasteiger partial charge < -0.3 is 35.9 Å². The van der Waals surface area contributed by atoms with Gasteiger partial charge >= 0.3 is 23.9 Å². The number of nitrogens with zero attached hydrogens (tertiary/aromatic N) is 4. The van der Waals surface area contributed by atoms with Crippen molar-refractivity contribution in [3.05, 3.63) is 0 Å². The molecule has 0 radical (unpaired) electrons. The number of carboxylic acids is 4. The van der Waals surface area contributed by atoms with E-state index < -0.39 is 41.9 Å². The van der Waals surface area contributed by atoms with Crippen LogP contribution in [0.5, 0.6) is 0 Å². The Labute approximate surface area is 226 Å². The largest absolute Gasteiger partial charge is 0.480 e. The average molecular weight is 561 g/mol. The second-order valence-electron chi connectivity index (χ2n) is 9.31. The van der Waals surface area contributed by atoms with Crippen molar-refractivity contribution in [2.45, 2.75) is 24.9 Å². The summed E-state index contributed by atoms with van der Waals surface area (Å²) < 4.78 is 0. The molecule has 6 N–H and O–H groups in total. The van der Waals surface area contributed by atoms with Gasteiger partial charge in [-0.25, -0.2) is 0 Å². The third-order valence-corrected chi connectivity index (χ3v) is 6.25. The van der Waals surface area contributed by atoms with E-state index in [1.165, 1.54) is 0 Å². The highest BCUT2D eigenvalue weighted by molar-refractivity contribution is 5.81. The summed E-state index contributed by atoms with van der Waals surface area (Å²) in [6.45, 7) is 0.608. The molecule has 0 aromatic carbocycles. The van der Waals surface area contributed by atoms with Crippen LogP contribution in [0.1, 0.15) is 12.8 Å². The average Bonchev–Trinajstić information content (AvgIpc) is 2.83. The van der Waals surface area contributed by atoms with Gasteiger partial charge in [-0.05, 0) is 13.5 Å². The van der Waals surface area contributed by atoms with Crippen molar-refractivity contribution in [1.82, 2.24) is 30.2 Å². The van der Waals surface area contributed by atoms with Gasteiger partial charge in [0.15, 0.2) is 0 Å². The van der Waals surface area contributed by atoms with Gasteiger partial charge in [-0.2, -0.15) is 0 Å². The lowest BCUT2D eigenvalue weighted by Crippen LogP contribution is -2.52. The summed E-state index contributed by atoms with van der Waals surface area (Å²) in [5, 5.41) is 43.1. The van der Waals surface area contributed by atoms with Crippen LogP contribution in [0, 0.1) is 0 Å². The van der Waals surface area contributed by atoms with Crippen molar-refractivity contribution in [2.75, 3.05) is 85.6 Å². The Morgan fingerprint density at radius 3 is 1.49 bits per heavy atom. The maximum Gasteiger partial charge on any atom is 0.320 e. The van der Waals surface area contributed by atoms with Crippen LogP contribution in [0.25, 0.3) is 0 Å². The Balaban J connectivity index is 3.09. The van der Waals surface area contributed by atoms with E-state index in [2.05, 4.69) is 10.6 Å². The summed E-state index contributed by atoms with van der Waals surface area (Å²) in [5.41, 5.74) is 0. The first-order valence-corrected chi connectivity index (χ1v) is 12.6. The number of rotatable bonds is 15. The molecular weight excluding hydrogens is 520 g/mol. The minimum absolute atomic E-state index is 0.0868. The first-order chi connectivity index (χ1) is 18.4. The van der Waals surface area contributed by atoms with Crippen LogP contribution in [0.3, 0.4) is 0 Å². The summed E-state index contributed by atoms with van der Waals surface area (Å²) in [7, 11) is 1.62. The van der Waals surface area contributed by atoms with Crippen molar-refractivity contribution in [1.29, 1.82) is 0 Å². The second-order valence-corrected chi connectivity index (χ2v) is 9.31. The SMILES string of the molecule is CNC[C@H](C=O)NC(=O)CCC(C(=O)O)N1CCN(CC(=O)O)CCN(CC(=O)O)CCN(CC(=O)O)CC1. The van der Waals surface area contributed by atoms with E-state index in [1.54, 1.807) is 26.6 Å². The number of carbonyl (C=O) groups excluding carboxylic acids is 2. The van der Waals surface area contributed by atoms with Crippen LogP contribution < -0.4 is 10.6 Å². The third-order valence-electron chi connectivity index (χ3n) is 6.25. The maximum atomic E-state index is 12.4. The maximum absolute atomic E-state index is 12.4. The highest BCUT2D eigenvalue weighted by atomic mass is 16.4. The molecule has 1 aliphatic rings. The zero-order valence-electron chi connectivity index (χ0n) is 22.2. The van der Waals surface area contributed by atoms with E-state index in [0.717, 1.165) is 0 Å². The van der Waals surface area contributed by atoms with E-state index in [-0.39, 0.29) is 91.4 Å². The molecule has 1 fully saturated rings. The zero-order valence-corrected chi connectivity index (χ0v) is 22.2. The van der Waals surface area contributed by atoms with Crippen LogP contribution in [-0.4, -0.2) is 174 Å². The summed E-state index contributed by atoms with van der Waals surface area (Å²) in [6, 6.07) is -1.89. The van der Waals surface area contributed by atoms with Crippen LogP contribution in [-0.2, 0) is 28.8 Å². The molecule has 1 amide bonds. The normalized spacial score (nSPS) is 18.7. The van der Waals surface area contributed by atoms with Crippen molar-refractivity contribution >= 4 is 36.1 Å². The molecule has 0 saturated carbocycles. The van der Waals surface area contributed by atoms with Crippen LogP contribution in [0.15, 0.2) is 0 Å². The van der Waals surface area contributed by atoms with Crippen molar-refractivity contribution < 1.29 is 49.2 Å². The number of likely N-dealkylation sites (N-methyl/N-ethyl adjacent to an activating group) is 1. The number of carbonyl (C=O) groups is 6. The Kier molecular flexibility index (Phi) is 15.8. The molecule has 0 aromatic rings. The van der Waals surface area contributed by atoms with E-state index in [4.69, 9.17) is 0 Å². The molecule has 1 aliphatic heterocycles. The Bertz CT molecular complexity index is 812. The summed E-state index contributed by atoms with van der Waals surface area (Å²) in [5.74, 6) is -4.95. The predicted molar refractivity (Wildman–Crippen MR) is 136 cm³/mol. The highest BCUT2D eigenvalue weighted by Gasteiger charge is 2.28. The van der Waals surface area contributed by atoms with Gasteiger partial charge in [0.2, 0.25) is 5.91 Å². The Hall–Kier alpha value is -3.18. The first-order valence-electron chi connectivity index (χ1n) is 12.6. The van der Waals surface area contributed by atoms with E-state index >= 15 is 0 Å². The quantitative estimate of drug-likeness (QED) is 0.107. The van der Waals surface area contributed by atoms with Gasteiger partial charge in [0.25, 0.3) is 0 Å². The molecule has 1 heterocycles. The second kappa shape index (κ2) is 18.2. The number of nitrogens with one attached hydrogen (secondary N) is 2. The molecule has 16 nitrogen and oxygen atoms in total. The monoisotopic (exact) mass is 560 g/mol. The molecule has 0 aromatic heterocycles. The van der Waals surface area contributed by atoms with Gasteiger partial charge in [0.05, 0.1) is 25.7 Å². The molecule has 0 aliphatic carbocycles. The van der Waals surface area contributed by atoms with Crippen molar-refractivity contribution in [2.24, 2.45) is 0 Å². The number of carboxylic acid groups (broad SMARTS) is 4. The summed E-state index contributed by atoms with van der Waals surface area (Å²) in [6.07, 6.45) is 0.310. The van der Waals surface area contributed by atoms with Crippen LogP contribution in [0.2, 0.25) is 0 Å². The molecule has 1 saturated heterocycles. The Morgan fingerprint density at radius 2 is 1.15 bits per heavy atom. The third kappa shape index (κ3) is 14.5. The lowest BCUT2D eigenvalue weighted by atomic mass is 10.1. The smallest absolute Gasteiger partial charge is 0.320 e. The zero-order chi connectivity index (χ0) is 29.4. The first kappa shape index (κ1) is 33.8. The fraction of sp³-hybridized carbons (Fsp3) is 0.739. The van der Waals surface area contributed by atoms with Crippen LogP contribution >= 0.6 is 0 Å². The Morgan fingerprint density at radius 1 is 0.744 bits per heavy atom. The molecule has 0 bridgehead atoms. The minimum atomic E-state index is -1.20. The predicted octanol–water partition coefficient (Wildman–Crippen LogP) is -3.40. The number of aliphatic carboxylic acids is 4. The molecule has 222 valence electrons. The lowest BCUT2D eigenvalue weighted by molar-refractivity contribution is -0.145. The van der Waals surface area contributed by atoms with Gasteiger partial charge in [0.1, 0.15) is 12.3 Å². The molecule has 2 atom stereocenters. The van der Waals surface area contributed by atoms with Gasteiger partial charge in [-0.15, -0.1) is 0 Å². The molecule has 1 unspecified atom stereocenters. The molecule has 39 heavy (non-hydrogen) atoms. The minimum Gasteiger partial charge on any atom is -0.480 e. The van der Waals surface area contributed by atoms with Crippen LogP contribution in [0.4, 0.5) is 0 Å². The van der Waals surface area contributed by atoms with E-state index in [1.807, 2.05) is 0 Å². The standard InChI is InChI=1S/C23H40N6O10/c1-24-12-17(16-30)25-19(31)3-2-18(23(38)39)29-10-8-27(14-21(34)35)6-4-26(13-20(32)33)5-7-28(9-11-29)15-22(36)37/h16-18,24H,2-15H2,1H3,(H,25,31)(H,32,33)(H,34,35)(H,36,37)(H,38,39)/t17-,18?/m1/s1. The molecular formula is C23H40N6O10. The topological polar surface area (TPSA) is 220 Å². The van der Waals surface area contributed by atoms with E-state index in [0.29, 0.717) is 6.29 Å². The number of aldehydes is 1. The highest BCUT2D eigenvalue weighted by Crippen LogP contribution is 2.11. The van der Waals surface area contributed by atoms with Gasteiger partial charge in [0, 0.05) is 65.3 Å². The number of hydrogen-bond acceptors (Lipinski definition) is 11. The summed E-state index contributed by atoms with van der Waals surface area (Å²) in [4.78, 5) is 76.2. The van der Waals surface area contributed by atoms with E-state index in [9.17, 15) is 49.2 Å². The lowest BCUT2D eigenvalue weighted by Gasteiger charge is -2.35. The summed E-state index contributed by atoms with van der Waals surface area (Å²) >= 11 is 0. The molecule has 0 spiro atoms. The van der Waals surface area contributed by atoms with Gasteiger partial charge in [-0.3, -0.25) is 43.6 Å². The number of hydrogen-bond donors (Lipinski definition) is 6.